The Bertz CT molecular complexity index is 471. The Balaban J connectivity index is 1.94. The van der Waals surface area contributed by atoms with Crippen molar-refractivity contribution in [3.8, 4) is 5.75 Å². The number of rotatable bonds is 4. The molecule has 1 heterocycles. The lowest BCUT2D eigenvalue weighted by molar-refractivity contribution is 0.0682. The van der Waals surface area contributed by atoms with Gasteiger partial charge in [-0.2, -0.15) is 0 Å². The van der Waals surface area contributed by atoms with Crippen LogP contribution >= 0.6 is 0 Å². The van der Waals surface area contributed by atoms with E-state index < -0.39 is 5.82 Å². The van der Waals surface area contributed by atoms with E-state index in [0.29, 0.717) is 19.0 Å². The molecule has 0 aliphatic carbocycles. The monoisotopic (exact) mass is 280 g/mol. The van der Waals surface area contributed by atoms with Crippen LogP contribution in [0.25, 0.3) is 0 Å². The predicted molar refractivity (Wildman–Crippen MR) is 75.2 cm³/mol. The highest BCUT2D eigenvalue weighted by atomic mass is 19.1. The molecule has 110 valence electrons. The van der Waals surface area contributed by atoms with E-state index in [4.69, 9.17) is 0 Å². The Hall–Kier alpha value is -1.62. The Morgan fingerprint density at radius 1 is 1.45 bits per heavy atom. The van der Waals surface area contributed by atoms with E-state index in [-0.39, 0.29) is 17.2 Å². The number of amides is 1. The van der Waals surface area contributed by atoms with Crippen LogP contribution in [0.4, 0.5) is 4.39 Å². The number of piperidine rings is 1. The summed E-state index contributed by atoms with van der Waals surface area (Å²) in [5.74, 6) is -0.470. The first-order valence-electron chi connectivity index (χ1n) is 7.04. The van der Waals surface area contributed by atoms with Crippen molar-refractivity contribution in [3.05, 3.63) is 29.6 Å². The molecule has 1 aliphatic heterocycles. The van der Waals surface area contributed by atoms with Crippen molar-refractivity contribution in [2.75, 3.05) is 26.7 Å². The standard InChI is InChI=1S/C15H21FN2O2/c1-17-7-4-11-5-8-18(9-6-11)15(20)13-3-2-12(19)10-14(13)16/h2-3,10-11,17,19H,4-9H2,1H3. The van der Waals surface area contributed by atoms with Crippen LogP contribution in [0.5, 0.6) is 5.75 Å². The van der Waals surface area contributed by atoms with Crippen LogP contribution in [-0.2, 0) is 0 Å². The summed E-state index contributed by atoms with van der Waals surface area (Å²) in [6.07, 6.45) is 3.05. The van der Waals surface area contributed by atoms with E-state index in [9.17, 15) is 14.3 Å². The van der Waals surface area contributed by atoms with Crippen molar-refractivity contribution in [1.82, 2.24) is 10.2 Å². The van der Waals surface area contributed by atoms with Crippen molar-refractivity contribution in [2.45, 2.75) is 19.3 Å². The molecule has 0 radical (unpaired) electrons. The number of hydrogen-bond donors (Lipinski definition) is 2. The van der Waals surface area contributed by atoms with Gasteiger partial charge in [-0.1, -0.05) is 0 Å². The molecule has 1 aromatic rings. The molecule has 1 amide bonds. The summed E-state index contributed by atoms with van der Waals surface area (Å²) < 4.78 is 13.7. The molecular formula is C15H21FN2O2. The molecule has 1 fully saturated rings. The van der Waals surface area contributed by atoms with Crippen molar-refractivity contribution >= 4 is 5.91 Å². The molecule has 1 aliphatic rings. The number of carbonyl (C=O) groups excluding carboxylic acids is 1. The van der Waals surface area contributed by atoms with E-state index in [0.717, 1.165) is 31.9 Å². The molecule has 4 nitrogen and oxygen atoms in total. The molecule has 0 bridgehead atoms. The third-order valence-corrected chi connectivity index (χ3v) is 3.89. The largest absolute Gasteiger partial charge is 0.508 e. The number of halogens is 1. The third-order valence-electron chi connectivity index (χ3n) is 3.89. The Kier molecular flexibility index (Phi) is 4.95. The van der Waals surface area contributed by atoms with Gasteiger partial charge < -0.3 is 15.3 Å². The van der Waals surface area contributed by atoms with Crippen molar-refractivity contribution < 1.29 is 14.3 Å². The fourth-order valence-electron chi connectivity index (χ4n) is 2.62. The third kappa shape index (κ3) is 3.48. The molecule has 0 unspecified atom stereocenters. The molecule has 0 aromatic heterocycles. The molecule has 1 saturated heterocycles. The smallest absolute Gasteiger partial charge is 0.256 e. The number of phenolic OH excluding ortho intramolecular Hbond substituents is 1. The topological polar surface area (TPSA) is 52.6 Å². The first-order valence-corrected chi connectivity index (χ1v) is 7.04. The average Bonchev–Trinajstić information content (AvgIpc) is 2.45. The number of aromatic hydroxyl groups is 1. The number of carbonyl (C=O) groups is 1. The van der Waals surface area contributed by atoms with Crippen LogP contribution in [-0.4, -0.2) is 42.6 Å². The Labute approximate surface area is 118 Å². The highest BCUT2D eigenvalue weighted by Gasteiger charge is 2.25. The first-order chi connectivity index (χ1) is 9.61. The van der Waals surface area contributed by atoms with Crippen LogP contribution in [0, 0.1) is 11.7 Å². The molecule has 2 rings (SSSR count). The minimum atomic E-state index is -0.660. The summed E-state index contributed by atoms with van der Waals surface area (Å²) >= 11 is 0. The summed E-state index contributed by atoms with van der Waals surface area (Å²) in [5, 5.41) is 12.3. The molecule has 0 saturated carbocycles. The molecule has 0 atom stereocenters. The molecular weight excluding hydrogens is 259 g/mol. The van der Waals surface area contributed by atoms with Crippen LogP contribution in [0.2, 0.25) is 0 Å². The summed E-state index contributed by atoms with van der Waals surface area (Å²) in [6, 6.07) is 3.67. The van der Waals surface area contributed by atoms with E-state index in [1.807, 2.05) is 7.05 Å². The summed E-state index contributed by atoms with van der Waals surface area (Å²) in [7, 11) is 1.94. The van der Waals surface area contributed by atoms with Gasteiger partial charge in [0.2, 0.25) is 0 Å². The van der Waals surface area contributed by atoms with Gasteiger partial charge in [-0.05, 0) is 50.9 Å². The van der Waals surface area contributed by atoms with Crippen LogP contribution in [0.3, 0.4) is 0 Å². The summed E-state index contributed by atoms with van der Waals surface area (Å²) in [4.78, 5) is 13.9. The number of nitrogens with one attached hydrogen (secondary N) is 1. The highest BCUT2D eigenvalue weighted by molar-refractivity contribution is 5.94. The van der Waals surface area contributed by atoms with Crippen molar-refractivity contribution in [3.63, 3.8) is 0 Å². The number of nitrogens with zero attached hydrogens (tertiary/aromatic N) is 1. The maximum absolute atomic E-state index is 13.7. The Morgan fingerprint density at radius 3 is 2.75 bits per heavy atom. The Morgan fingerprint density at radius 2 is 2.15 bits per heavy atom. The SMILES string of the molecule is CNCCC1CCN(C(=O)c2ccc(O)cc2F)CC1. The zero-order valence-corrected chi connectivity index (χ0v) is 11.7. The summed E-state index contributed by atoms with van der Waals surface area (Å²) in [6.45, 7) is 2.34. The quantitative estimate of drug-likeness (QED) is 0.887. The molecule has 5 heteroatoms. The fourth-order valence-corrected chi connectivity index (χ4v) is 2.62. The van der Waals surface area contributed by atoms with Gasteiger partial charge in [-0.15, -0.1) is 0 Å². The number of phenols is 1. The van der Waals surface area contributed by atoms with Gasteiger partial charge in [0, 0.05) is 19.2 Å². The lowest BCUT2D eigenvalue weighted by Gasteiger charge is -2.32. The molecule has 20 heavy (non-hydrogen) atoms. The molecule has 0 spiro atoms. The van der Waals surface area contributed by atoms with E-state index >= 15 is 0 Å². The summed E-state index contributed by atoms with van der Waals surface area (Å²) in [5.41, 5.74) is 0.0384. The fraction of sp³-hybridized carbons (Fsp3) is 0.533. The van der Waals surface area contributed by atoms with Gasteiger partial charge in [0.05, 0.1) is 5.56 Å². The van der Waals surface area contributed by atoms with Gasteiger partial charge in [0.1, 0.15) is 11.6 Å². The van der Waals surface area contributed by atoms with E-state index in [2.05, 4.69) is 5.32 Å². The maximum atomic E-state index is 13.7. The molecule has 1 aromatic carbocycles. The number of likely N-dealkylation sites (tertiary alicyclic amines) is 1. The van der Waals surface area contributed by atoms with Gasteiger partial charge in [-0.3, -0.25) is 4.79 Å². The van der Waals surface area contributed by atoms with Gasteiger partial charge in [0.15, 0.2) is 0 Å². The predicted octanol–water partition coefficient (Wildman–Crippen LogP) is 1.99. The van der Waals surface area contributed by atoms with Crippen LogP contribution in [0.15, 0.2) is 18.2 Å². The molecule has 2 N–H and O–H groups in total. The average molecular weight is 280 g/mol. The van der Waals surface area contributed by atoms with Gasteiger partial charge >= 0.3 is 0 Å². The van der Waals surface area contributed by atoms with E-state index in [1.54, 1.807) is 4.90 Å². The van der Waals surface area contributed by atoms with Gasteiger partial charge in [0.25, 0.3) is 5.91 Å². The second kappa shape index (κ2) is 6.70. The number of hydrogen-bond acceptors (Lipinski definition) is 3. The van der Waals surface area contributed by atoms with Gasteiger partial charge in [-0.25, -0.2) is 4.39 Å². The van der Waals surface area contributed by atoms with Crippen LogP contribution in [0.1, 0.15) is 29.6 Å². The first kappa shape index (κ1) is 14.8. The van der Waals surface area contributed by atoms with Crippen molar-refractivity contribution in [1.29, 1.82) is 0 Å². The normalized spacial score (nSPS) is 16.4. The lowest BCUT2D eigenvalue weighted by Crippen LogP contribution is -2.39. The zero-order chi connectivity index (χ0) is 14.5. The minimum Gasteiger partial charge on any atom is -0.508 e. The second-order valence-electron chi connectivity index (χ2n) is 5.29. The lowest BCUT2D eigenvalue weighted by atomic mass is 9.93. The highest BCUT2D eigenvalue weighted by Crippen LogP contribution is 2.23. The van der Waals surface area contributed by atoms with Crippen LogP contribution < -0.4 is 5.32 Å². The number of benzene rings is 1. The zero-order valence-electron chi connectivity index (χ0n) is 11.7. The minimum absolute atomic E-state index is 0.0384. The van der Waals surface area contributed by atoms with Crippen molar-refractivity contribution in [2.24, 2.45) is 5.92 Å². The second-order valence-corrected chi connectivity index (χ2v) is 5.29. The van der Waals surface area contributed by atoms with E-state index in [1.165, 1.54) is 12.1 Å². The maximum Gasteiger partial charge on any atom is 0.256 e.